The zero-order valence-corrected chi connectivity index (χ0v) is 31.8. The molecule has 0 unspecified atom stereocenters. The third-order valence-corrected chi connectivity index (χ3v) is 12.8. The quantitative estimate of drug-likeness (QED) is 0.173. The Labute approximate surface area is 319 Å². The first-order valence-electron chi connectivity index (χ1n) is 18.6. The van der Waals surface area contributed by atoms with Gasteiger partial charge in [0.25, 0.3) is 0 Å². The minimum atomic E-state index is -1.55. The molecule has 0 radical (unpaired) electrons. The van der Waals surface area contributed by atoms with Crippen molar-refractivity contribution in [2.45, 2.75) is 19.6 Å². The van der Waals surface area contributed by atoms with Crippen molar-refractivity contribution in [3.05, 3.63) is 164 Å². The van der Waals surface area contributed by atoms with Crippen molar-refractivity contribution in [2.75, 3.05) is 0 Å². The lowest BCUT2D eigenvalue weighted by Crippen LogP contribution is -2.37. The van der Waals surface area contributed by atoms with E-state index in [0.717, 1.165) is 82.9 Å². The topological polar surface area (TPSA) is 64.1 Å². The second-order valence-electron chi connectivity index (χ2n) is 15.2. The maximum absolute atomic E-state index is 11.8. The number of imidazole rings is 1. The van der Waals surface area contributed by atoms with Crippen LogP contribution in [0.5, 0.6) is 5.75 Å². The second-order valence-corrected chi connectivity index (χ2v) is 20.3. The first-order valence-corrected chi connectivity index (χ1v) is 22.1. The summed E-state index contributed by atoms with van der Waals surface area (Å²) in [7, 11) is -1.55. The Balaban J connectivity index is 1.24. The molecular weight excluding hydrogens is 691 g/mol. The third kappa shape index (κ3) is 5.53. The summed E-state index contributed by atoms with van der Waals surface area (Å²) in [6, 6.07) is 54.1. The number of hydrogen-bond donors (Lipinski definition) is 1. The van der Waals surface area contributed by atoms with Crippen molar-refractivity contribution in [3.63, 3.8) is 0 Å². The van der Waals surface area contributed by atoms with Gasteiger partial charge < -0.3 is 9.52 Å². The largest absolute Gasteiger partial charge is 0.507 e. The maximum Gasteiger partial charge on any atom is 0.149 e. The Kier molecular flexibility index (Phi) is 7.58. The molecule has 0 bridgehead atoms. The van der Waals surface area contributed by atoms with E-state index in [0.29, 0.717) is 11.4 Å². The summed E-state index contributed by atoms with van der Waals surface area (Å²) < 4.78 is 8.77. The standard InChI is InChI=1S/C49H37N3O2Si/c1-55(2,3)35-24-26-42(50-30-35)41-28-34(27-40-38-18-9-10-22-46(38)54-48(40)41)37-19-12-21-44-47(37)51-49(52(44)43-20-11-16-32-15-7-8-17-36(32)43)39-25-23-33(29-45(39)53)31-13-5-4-6-14-31/h4-30,53H,1-3H3. The fourth-order valence-corrected chi connectivity index (χ4v) is 8.90. The number of phenols is 1. The van der Waals surface area contributed by atoms with E-state index in [1.165, 1.54) is 5.19 Å². The van der Waals surface area contributed by atoms with Gasteiger partial charge in [-0.25, -0.2) is 4.98 Å². The summed E-state index contributed by atoms with van der Waals surface area (Å²) in [6.07, 6.45) is 2.04. The van der Waals surface area contributed by atoms with E-state index >= 15 is 0 Å². The monoisotopic (exact) mass is 727 g/mol. The summed E-state index contributed by atoms with van der Waals surface area (Å²) in [5.74, 6) is 0.829. The average Bonchev–Trinajstić information content (AvgIpc) is 3.79. The highest BCUT2D eigenvalue weighted by atomic mass is 28.3. The number of furan rings is 1. The fraction of sp³-hybridized carbons (Fsp3) is 0.0612. The van der Waals surface area contributed by atoms with Gasteiger partial charge in [-0.05, 0) is 75.8 Å². The predicted molar refractivity (Wildman–Crippen MR) is 230 cm³/mol. The van der Waals surface area contributed by atoms with Crippen LogP contribution in [0.1, 0.15) is 0 Å². The highest BCUT2D eigenvalue weighted by molar-refractivity contribution is 6.88. The van der Waals surface area contributed by atoms with Gasteiger partial charge in [0.1, 0.15) is 22.7 Å². The highest BCUT2D eigenvalue weighted by Gasteiger charge is 2.24. The molecule has 0 fully saturated rings. The van der Waals surface area contributed by atoms with E-state index in [1.807, 2.05) is 48.7 Å². The first kappa shape index (κ1) is 32.9. The van der Waals surface area contributed by atoms with Crippen LogP contribution < -0.4 is 5.19 Å². The number of rotatable bonds is 6. The molecule has 0 saturated carbocycles. The van der Waals surface area contributed by atoms with Crippen molar-refractivity contribution >= 4 is 57.0 Å². The van der Waals surface area contributed by atoms with E-state index < -0.39 is 8.07 Å². The molecule has 0 aliphatic rings. The van der Waals surface area contributed by atoms with Crippen molar-refractivity contribution in [1.82, 2.24) is 14.5 Å². The van der Waals surface area contributed by atoms with Gasteiger partial charge in [0.2, 0.25) is 0 Å². The Morgan fingerprint density at radius 1 is 0.582 bits per heavy atom. The Morgan fingerprint density at radius 2 is 1.35 bits per heavy atom. The predicted octanol–water partition coefficient (Wildman–Crippen LogP) is 12.4. The average molecular weight is 728 g/mol. The van der Waals surface area contributed by atoms with Gasteiger partial charge in [-0.1, -0.05) is 129 Å². The Hall–Kier alpha value is -6.76. The van der Waals surface area contributed by atoms with Crippen LogP contribution in [0.25, 0.3) is 94.3 Å². The van der Waals surface area contributed by atoms with Crippen molar-refractivity contribution in [1.29, 1.82) is 0 Å². The molecule has 0 amide bonds. The van der Waals surface area contributed by atoms with E-state index in [4.69, 9.17) is 14.4 Å². The van der Waals surface area contributed by atoms with E-state index in [9.17, 15) is 5.11 Å². The van der Waals surface area contributed by atoms with E-state index in [-0.39, 0.29) is 5.75 Å². The summed E-state index contributed by atoms with van der Waals surface area (Å²) in [5.41, 5.74) is 10.8. The molecule has 0 aliphatic carbocycles. The van der Waals surface area contributed by atoms with Gasteiger partial charge in [-0.3, -0.25) is 9.55 Å². The molecule has 3 heterocycles. The van der Waals surface area contributed by atoms with Crippen LogP contribution in [0.4, 0.5) is 0 Å². The van der Waals surface area contributed by atoms with Crippen LogP contribution in [0, 0.1) is 0 Å². The molecule has 0 spiro atoms. The fourth-order valence-electron chi connectivity index (χ4n) is 7.86. The van der Waals surface area contributed by atoms with Crippen LogP contribution in [0.15, 0.2) is 168 Å². The van der Waals surface area contributed by atoms with Gasteiger partial charge in [0.05, 0.1) is 36.1 Å². The maximum atomic E-state index is 11.8. The minimum absolute atomic E-state index is 0.168. The number of aromatic nitrogens is 3. The van der Waals surface area contributed by atoms with Gasteiger partial charge >= 0.3 is 0 Å². The van der Waals surface area contributed by atoms with E-state index in [2.05, 4.69) is 139 Å². The van der Waals surface area contributed by atoms with Crippen LogP contribution in [0.2, 0.25) is 19.6 Å². The number of fused-ring (bicyclic) bond motifs is 5. The molecule has 0 saturated heterocycles. The molecule has 10 aromatic rings. The second kappa shape index (κ2) is 12.7. The highest BCUT2D eigenvalue weighted by Crippen LogP contribution is 2.43. The Bertz CT molecular complexity index is 3080. The lowest BCUT2D eigenvalue weighted by Gasteiger charge is -2.16. The SMILES string of the molecule is C[Si](C)(C)c1ccc(-c2cc(-c3cccc4c3nc(-c3ccc(-c5ccccc5)cc3O)n4-c3cccc4ccccc34)cc3c2oc2ccccc23)nc1. The number of hydrogen-bond acceptors (Lipinski definition) is 4. The van der Waals surface area contributed by atoms with Crippen LogP contribution in [0.3, 0.4) is 0 Å². The summed E-state index contributed by atoms with van der Waals surface area (Å²) in [5, 5.41) is 17.4. The molecule has 10 rings (SSSR count). The number of nitrogens with zero attached hydrogens (tertiary/aromatic N) is 3. The molecule has 264 valence electrons. The van der Waals surface area contributed by atoms with E-state index in [1.54, 1.807) is 0 Å². The van der Waals surface area contributed by atoms with Crippen LogP contribution in [-0.2, 0) is 0 Å². The molecule has 7 aromatic carbocycles. The molecule has 55 heavy (non-hydrogen) atoms. The van der Waals surface area contributed by atoms with Crippen molar-refractivity contribution < 1.29 is 9.52 Å². The van der Waals surface area contributed by atoms with Crippen LogP contribution in [-0.4, -0.2) is 27.7 Å². The molecule has 6 heteroatoms. The van der Waals surface area contributed by atoms with Crippen LogP contribution >= 0.6 is 0 Å². The number of phenolic OH excluding ortho intramolecular Hbond substituents is 1. The smallest absolute Gasteiger partial charge is 0.149 e. The number of benzene rings is 7. The molecule has 0 atom stereocenters. The molecular formula is C49H37N3O2Si. The van der Waals surface area contributed by atoms with Crippen molar-refractivity contribution in [2.24, 2.45) is 0 Å². The van der Waals surface area contributed by atoms with Gasteiger partial charge in [0, 0.05) is 33.5 Å². The normalized spacial score (nSPS) is 12.0. The third-order valence-electron chi connectivity index (χ3n) is 10.7. The zero-order chi connectivity index (χ0) is 37.3. The zero-order valence-electron chi connectivity index (χ0n) is 30.8. The molecule has 5 nitrogen and oxygen atoms in total. The van der Waals surface area contributed by atoms with Gasteiger partial charge in [-0.15, -0.1) is 0 Å². The van der Waals surface area contributed by atoms with Gasteiger partial charge in [0.15, 0.2) is 0 Å². The lowest BCUT2D eigenvalue weighted by atomic mass is 9.97. The number of aromatic hydroxyl groups is 1. The van der Waals surface area contributed by atoms with Gasteiger partial charge in [-0.2, -0.15) is 0 Å². The summed E-state index contributed by atoms with van der Waals surface area (Å²) in [4.78, 5) is 10.5. The molecule has 3 aromatic heterocycles. The molecule has 1 N–H and O–H groups in total. The van der Waals surface area contributed by atoms with Crippen molar-refractivity contribution in [3.8, 4) is 56.3 Å². The number of pyridine rings is 1. The summed E-state index contributed by atoms with van der Waals surface area (Å²) >= 11 is 0. The lowest BCUT2D eigenvalue weighted by molar-refractivity contribution is 0.477. The minimum Gasteiger partial charge on any atom is -0.507 e. The Morgan fingerprint density at radius 3 is 2.15 bits per heavy atom. The first-order chi connectivity index (χ1) is 26.8. The number of para-hydroxylation sites is 2. The summed E-state index contributed by atoms with van der Waals surface area (Å²) in [6.45, 7) is 7.02. The molecule has 0 aliphatic heterocycles.